The minimum Gasteiger partial charge on any atom is -0.481 e. The summed E-state index contributed by atoms with van der Waals surface area (Å²) in [5.41, 5.74) is 0. The molecule has 0 aromatic carbocycles. The molecule has 5 heteroatoms. The van der Waals surface area contributed by atoms with E-state index >= 15 is 0 Å². The van der Waals surface area contributed by atoms with E-state index in [9.17, 15) is 19.1 Å². The van der Waals surface area contributed by atoms with E-state index in [0.717, 1.165) is 12.8 Å². The van der Waals surface area contributed by atoms with E-state index in [1.54, 1.807) is 0 Å². The van der Waals surface area contributed by atoms with E-state index in [0.29, 0.717) is 12.5 Å². The van der Waals surface area contributed by atoms with Crippen LogP contribution in [0, 0.1) is 23.7 Å². The van der Waals surface area contributed by atoms with Crippen LogP contribution in [0.25, 0.3) is 0 Å². The molecule has 1 N–H and O–H groups in total. The Morgan fingerprint density at radius 1 is 1.32 bits per heavy atom. The van der Waals surface area contributed by atoms with Crippen molar-refractivity contribution < 1.29 is 19.1 Å². The van der Waals surface area contributed by atoms with Crippen LogP contribution in [0.15, 0.2) is 0 Å². The number of carboxylic acid groups (broad SMARTS) is 1. The van der Waals surface area contributed by atoms with E-state index in [1.807, 2.05) is 13.8 Å². The van der Waals surface area contributed by atoms with Gasteiger partial charge in [0.25, 0.3) is 5.91 Å². The van der Waals surface area contributed by atoms with Crippen LogP contribution < -0.4 is 0 Å². The Bertz CT molecular complexity index is 368. The Balaban J connectivity index is 1.98. The first-order valence-corrected chi connectivity index (χ1v) is 7.05. The maximum atomic E-state index is 13.8. The minimum atomic E-state index is -1.49. The van der Waals surface area contributed by atoms with E-state index in [2.05, 4.69) is 0 Å². The molecule has 2 rings (SSSR count). The zero-order valence-electron chi connectivity index (χ0n) is 11.5. The van der Waals surface area contributed by atoms with Crippen molar-refractivity contribution in [2.45, 2.75) is 39.3 Å². The molecule has 19 heavy (non-hydrogen) atoms. The summed E-state index contributed by atoms with van der Waals surface area (Å²) in [6.45, 7) is 4.33. The molecule has 1 heterocycles. The maximum Gasteiger partial charge on any atom is 0.308 e. The highest BCUT2D eigenvalue weighted by Crippen LogP contribution is 2.44. The fraction of sp³-hybridized carbons (Fsp3) is 0.857. The SMILES string of the molecule is CC(C)CC(F)C(=O)N1C[C@@H](C(=O)O)[C@H](C2CC2)C1. The summed E-state index contributed by atoms with van der Waals surface area (Å²) in [6.07, 6.45) is 0.803. The second kappa shape index (κ2) is 5.47. The number of hydrogen-bond donors (Lipinski definition) is 1. The third-order valence-corrected chi connectivity index (χ3v) is 4.17. The molecular formula is C14H22FNO3. The smallest absolute Gasteiger partial charge is 0.308 e. The lowest BCUT2D eigenvalue weighted by atomic mass is 9.92. The number of nitrogens with zero attached hydrogens (tertiary/aromatic N) is 1. The van der Waals surface area contributed by atoms with E-state index in [4.69, 9.17) is 0 Å². The van der Waals surface area contributed by atoms with Crippen molar-refractivity contribution in [3.63, 3.8) is 0 Å². The van der Waals surface area contributed by atoms with E-state index < -0.39 is 24.0 Å². The average Bonchev–Trinajstić information content (AvgIpc) is 3.06. The largest absolute Gasteiger partial charge is 0.481 e. The molecule has 1 saturated carbocycles. The number of likely N-dealkylation sites (tertiary alicyclic amines) is 1. The monoisotopic (exact) mass is 271 g/mol. The van der Waals surface area contributed by atoms with Crippen LogP contribution in [0.3, 0.4) is 0 Å². The van der Waals surface area contributed by atoms with E-state index in [-0.39, 0.29) is 24.8 Å². The number of carbonyl (C=O) groups is 2. The van der Waals surface area contributed by atoms with Crippen molar-refractivity contribution in [1.29, 1.82) is 0 Å². The fourth-order valence-corrected chi connectivity index (χ4v) is 2.99. The first-order valence-electron chi connectivity index (χ1n) is 7.05. The molecule has 2 aliphatic rings. The van der Waals surface area contributed by atoms with E-state index in [1.165, 1.54) is 4.90 Å². The lowest BCUT2D eigenvalue weighted by Crippen LogP contribution is -2.36. The van der Waals surface area contributed by atoms with Gasteiger partial charge in [0.2, 0.25) is 0 Å². The third-order valence-electron chi connectivity index (χ3n) is 4.17. The van der Waals surface area contributed by atoms with Crippen LogP contribution in [-0.2, 0) is 9.59 Å². The van der Waals surface area contributed by atoms with Gasteiger partial charge in [-0.25, -0.2) is 4.39 Å². The highest BCUT2D eigenvalue weighted by Gasteiger charge is 2.47. The average molecular weight is 271 g/mol. The first-order chi connectivity index (χ1) is 8.90. The molecule has 1 saturated heterocycles. The molecule has 3 atom stereocenters. The molecule has 108 valence electrons. The van der Waals surface area contributed by atoms with Gasteiger partial charge in [-0.15, -0.1) is 0 Å². The predicted octanol–water partition coefficient (Wildman–Crippen LogP) is 1.94. The van der Waals surface area contributed by atoms with Crippen molar-refractivity contribution in [2.24, 2.45) is 23.7 Å². The Kier molecular flexibility index (Phi) is 4.11. The van der Waals surface area contributed by atoms with Gasteiger partial charge in [0.1, 0.15) is 0 Å². The molecule has 1 aliphatic carbocycles. The van der Waals surface area contributed by atoms with Gasteiger partial charge in [0.15, 0.2) is 6.17 Å². The summed E-state index contributed by atoms with van der Waals surface area (Å²) < 4.78 is 13.8. The number of carboxylic acids is 1. The number of aliphatic carboxylic acids is 1. The number of carbonyl (C=O) groups excluding carboxylic acids is 1. The lowest BCUT2D eigenvalue weighted by Gasteiger charge is -2.19. The Hall–Kier alpha value is -1.13. The number of amides is 1. The van der Waals surface area contributed by atoms with Gasteiger partial charge >= 0.3 is 5.97 Å². The zero-order chi connectivity index (χ0) is 14.2. The summed E-state index contributed by atoms with van der Waals surface area (Å²) in [7, 11) is 0. The van der Waals surface area contributed by atoms with Gasteiger partial charge in [-0.05, 0) is 37.0 Å². The highest BCUT2D eigenvalue weighted by atomic mass is 19.1. The number of hydrogen-bond acceptors (Lipinski definition) is 2. The van der Waals surface area contributed by atoms with Gasteiger partial charge in [-0.2, -0.15) is 0 Å². The Labute approximate surface area is 113 Å². The lowest BCUT2D eigenvalue weighted by molar-refractivity contribution is -0.143. The minimum absolute atomic E-state index is 0.0210. The second-order valence-corrected chi connectivity index (χ2v) is 6.29. The molecule has 0 radical (unpaired) electrons. The summed E-state index contributed by atoms with van der Waals surface area (Å²) in [4.78, 5) is 24.6. The third kappa shape index (κ3) is 3.25. The predicted molar refractivity (Wildman–Crippen MR) is 68.3 cm³/mol. The zero-order valence-corrected chi connectivity index (χ0v) is 11.5. The number of alkyl halides is 1. The molecular weight excluding hydrogens is 249 g/mol. The fourth-order valence-electron chi connectivity index (χ4n) is 2.99. The summed E-state index contributed by atoms with van der Waals surface area (Å²) in [5.74, 6) is -1.33. The number of halogens is 1. The van der Waals surface area contributed by atoms with Gasteiger partial charge in [-0.1, -0.05) is 13.8 Å². The Morgan fingerprint density at radius 2 is 1.95 bits per heavy atom. The normalized spacial score (nSPS) is 28.7. The maximum absolute atomic E-state index is 13.8. The molecule has 0 spiro atoms. The highest BCUT2D eigenvalue weighted by molar-refractivity contribution is 5.82. The molecule has 0 aromatic heterocycles. The topological polar surface area (TPSA) is 57.6 Å². The van der Waals surface area contributed by atoms with Crippen molar-refractivity contribution in [3.05, 3.63) is 0 Å². The van der Waals surface area contributed by atoms with Crippen LogP contribution in [-0.4, -0.2) is 41.1 Å². The van der Waals surface area contributed by atoms with Gasteiger partial charge in [0.05, 0.1) is 5.92 Å². The van der Waals surface area contributed by atoms with Crippen LogP contribution in [0.2, 0.25) is 0 Å². The first kappa shape index (κ1) is 14.3. The standard InChI is InChI=1S/C14H22FNO3/c1-8(2)5-12(15)13(17)16-6-10(9-3-4-9)11(7-16)14(18)19/h8-12H,3-7H2,1-2H3,(H,18,19)/t10-,11+,12?/m0/s1. The molecule has 1 unspecified atom stereocenters. The second-order valence-electron chi connectivity index (χ2n) is 6.29. The summed E-state index contributed by atoms with van der Waals surface area (Å²) in [5, 5.41) is 9.21. The quantitative estimate of drug-likeness (QED) is 0.831. The molecule has 0 bridgehead atoms. The van der Waals surface area contributed by atoms with Crippen molar-refractivity contribution in [1.82, 2.24) is 4.90 Å². The molecule has 2 fully saturated rings. The summed E-state index contributed by atoms with van der Waals surface area (Å²) in [6, 6.07) is 0. The Morgan fingerprint density at radius 3 is 2.42 bits per heavy atom. The van der Waals surface area contributed by atoms with Crippen molar-refractivity contribution >= 4 is 11.9 Å². The van der Waals surface area contributed by atoms with Crippen LogP contribution in [0.1, 0.15) is 33.1 Å². The molecule has 0 aromatic rings. The molecule has 1 aliphatic heterocycles. The summed E-state index contributed by atoms with van der Waals surface area (Å²) >= 11 is 0. The van der Waals surface area contributed by atoms with Gasteiger partial charge in [0, 0.05) is 13.1 Å². The molecule has 1 amide bonds. The van der Waals surface area contributed by atoms with Crippen molar-refractivity contribution in [2.75, 3.05) is 13.1 Å². The van der Waals surface area contributed by atoms with Crippen LogP contribution >= 0.6 is 0 Å². The van der Waals surface area contributed by atoms with Crippen LogP contribution in [0.4, 0.5) is 4.39 Å². The number of rotatable bonds is 5. The van der Waals surface area contributed by atoms with Gasteiger partial charge < -0.3 is 10.0 Å². The van der Waals surface area contributed by atoms with Gasteiger partial charge in [-0.3, -0.25) is 9.59 Å². The molecule has 4 nitrogen and oxygen atoms in total. The van der Waals surface area contributed by atoms with Crippen LogP contribution in [0.5, 0.6) is 0 Å². The van der Waals surface area contributed by atoms with Crippen molar-refractivity contribution in [3.8, 4) is 0 Å².